The van der Waals surface area contributed by atoms with Crippen LogP contribution in [0.5, 0.6) is 0 Å². The highest BCUT2D eigenvalue weighted by Gasteiger charge is 2.25. The Kier molecular flexibility index (Phi) is 2.32. The Balaban J connectivity index is 2.43. The molecule has 1 aromatic carbocycles. The summed E-state index contributed by atoms with van der Waals surface area (Å²) >= 11 is 0. The summed E-state index contributed by atoms with van der Waals surface area (Å²) in [5.74, 6) is -0.350. The number of primary amides is 1. The van der Waals surface area contributed by atoms with E-state index >= 15 is 0 Å². The topological polar surface area (TPSA) is 75.4 Å². The minimum absolute atomic E-state index is 0.287. The van der Waals surface area contributed by atoms with E-state index in [-0.39, 0.29) is 12.2 Å². The van der Waals surface area contributed by atoms with Gasteiger partial charge in [-0.1, -0.05) is 0 Å². The van der Waals surface area contributed by atoms with Crippen molar-refractivity contribution in [1.82, 2.24) is 0 Å². The Morgan fingerprint density at radius 3 is 2.80 bits per heavy atom. The second-order valence-electron chi connectivity index (χ2n) is 3.60. The molecule has 0 aliphatic heterocycles. The van der Waals surface area contributed by atoms with Crippen LogP contribution in [-0.2, 0) is 12.8 Å². The van der Waals surface area contributed by atoms with Crippen molar-refractivity contribution in [1.29, 1.82) is 0 Å². The van der Waals surface area contributed by atoms with E-state index in [9.17, 15) is 14.3 Å². The van der Waals surface area contributed by atoms with Crippen LogP contribution < -0.4 is 11.1 Å². The van der Waals surface area contributed by atoms with Gasteiger partial charge in [0, 0.05) is 18.5 Å². The van der Waals surface area contributed by atoms with Gasteiger partial charge >= 0.3 is 6.03 Å². The van der Waals surface area contributed by atoms with Crippen molar-refractivity contribution in [2.24, 2.45) is 5.73 Å². The number of fused-ring (bicyclic) bond motifs is 1. The number of amides is 2. The zero-order valence-corrected chi connectivity index (χ0v) is 7.96. The van der Waals surface area contributed by atoms with E-state index in [1.165, 1.54) is 12.1 Å². The number of aliphatic hydroxyl groups excluding tert-OH is 1. The van der Waals surface area contributed by atoms with Gasteiger partial charge in [0.25, 0.3) is 0 Å². The normalized spacial score (nSPS) is 18.7. The third-order valence-corrected chi connectivity index (χ3v) is 2.51. The summed E-state index contributed by atoms with van der Waals surface area (Å²) in [7, 11) is 0. The van der Waals surface area contributed by atoms with Crippen LogP contribution in [0.3, 0.4) is 0 Å². The maximum Gasteiger partial charge on any atom is 0.316 e. The Bertz CT molecular complexity index is 420. The van der Waals surface area contributed by atoms with E-state index in [2.05, 4.69) is 5.32 Å². The molecule has 0 unspecified atom stereocenters. The fourth-order valence-electron chi connectivity index (χ4n) is 1.91. The molecule has 4 N–H and O–H groups in total. The number of nitrogens with two attached hydrogens (primary N) is 1. The predicted octanol–water partition coefficient (Wildman–Crippen LogP) is 0.776. The van der Waals surface area contributed by atoms with Gasteiger partial charge < -0.3 is 16.2 Å². The number of carbonyl (C=O) groups is 1. The molecule has 0 fully saturated rings. The van der Waals surface area contributed by atoms with Gasteiger partial charge in [-0.25, -0.2) is 9.18 Å². The lowest BCUT2D eigenvalue weighted by atomic mass is 10.1. The Morgan fingerprint density at radius 1 is 1.47 bits per heavy atom. The zero-order valence-electron chi connectivity index (χ0n) is 7.96. The summed E-state index contributed by atoms with van der Waals surface area (Å²) in [6.07, 6.45) is 0.0587. The summed E-state index contributed by atoms with van der Waals surface area (Å²) in [6, 6.07) is 2.03. The average Bonchev–Trinajstić information content (AvgIpc) is 2.52. The third kappa shape index (κ3) is 1.78. The first-order valence-corrected chi connectivity index (χ1v) is 4.62. The zero-order chi connectivity index (χ0) is 11.0. The quantitative estimate of drug-likeness (QED) is 0.640. The molecule has 0 radical (unpaired) electrons. The van der Waals surface area contributed by atoms with Gasteiger partial charge in [0.2, 0.25) is 0 Å². The van der Waals surface area contributed by atoms with E-state index in [1.807, 2.05) is 0 Å². The maximum atomic E-state index is 13.3. The first kappa shape index (κ1) is 9.92. The number of carbonyl (C=O) groups excluding carboxylic acids is 1. The number of hydrogen-bond donors (Lipinski definition) is 3. The number of benzene rings is 1. The van der Waals surface area contributed by atoms with Crippen LogP contribution in [0.15, 0.2) is 12.1 Å². The first-order valence-electron chi connectivity index (χ1n) is 4.62. The average molecular weight is 210 g/mol. The van der Waals surface area contributed by atoms with Crippen molar-refractivity contribution in [3.8, 4) is 0 Å². The van der Waals surface area contributed by atoms with E-state index < -0.39 is 12.1 Å². The summed E-state index contributed by atoms with van der Waals surface area (Å²) in [4.78, 5) is 10.7. The standard InChI is InChI=1S/C10H11FN2O2/c11-8-1-2-9(13-10(12)15)7-4-5(14)3-6(7)8/h1-2,5,14H,3-4H2,(H3,12,13,15)/t5-/m0/s1. The third-order valence-electron chi connectivity index (χ3n) is 2.51. The van der Waals surface area contributed by atoms with Gasteiger partial charge in [0.05, 0.1) is 6.10 Å². The lowest BCUT2D eigenvalue weighted by molar-refractivity contribution is 0.186. The van der Waals surface area contributed by atoms with Crippen molar-refractivity contribution in [2.75, 3.05) is 5.32 Å². The lowest BCUT2D eigenvalue weighted by Gasteiger charge is -2.08. The van der Waals surface area contributed by atoms with Gasteiger partial charge in [-0.3, -0.25) is 0 Å². The van der Waals surface area contributed by atoms with Crippen molar-refractivity contribution >= 4 is 11.7 Å². The molecule has 0 aromatic heterocycles. The van der Waals surface area contributed by atoms with Crippen LogP contribution in [0.25, 0.3) is 0 Å². The second kappa shape index (κ2) is 3.51. The highest BCUT2D eigenvalue weighted by atomic mass is 19.1. The summed E-state index contributed by atoms with van der Waals surface area (Å²) in [5.41, 5.74) is 6.57. The fourth-order valence-corrected chi connectivity index (χ4v) is 1.91. The Hall–Kier alpha value is -1.62. The summed E-state index contributed by atoms with van der Waals surface area (Å²) in [5, 5.41) is 11.8. The van der Waals surface area contributed by atoms with Crippen LogP contribution in [0.1, 0.15) is 11.1 Å². The minimum Gasteiger partial charge on any atom is -0.392 e. The smallest absolute Gasteiger partial charge is 0.316 e. The molecule has 0 saturated heterocycles. The molecule has 1 aliphatic rings. The van der Waals surface area contributed by atoms with Crippen LogP contribution in [0.2, 0.25) is 0 Å². The number of halogens is 1. The van der Waals surface area contributed by atoms with Crippen LogP contribution in [0, 0.1) is 5.82 Å². The highest BCUT2D eigenvalue weighted by molar-refractivity contribution is 5.89. The molecule has 2 amide bonds. The number of urea groups is 1. The van der Waals surface area contributed by atoms with E-state index in [1.54, 1.807) is 0 Å². The van der Waals surface area contributed by atoms with E-state index in [0.717, 1.165) is 0 Å². The predicted molar refractivity (Wildman–Crippen MR) is 53.0 cm³/mol. The lowest BCUT2D eigenvalue weighted by Crippen LogP contribution is -2.20. The monoisotopic (exact) mass is 210 g/mol. The molecule has 0 spiro atoms. The van der Waals surface area contributed by atoms with Crippen molar-refractivity contribution in [3.05, 3.63) is 29.1 Å². The molecule has 0 bridgehead atoms. The molecule has 4 nitrogen and oxygen atoms in total. The molecule has 1 atom stereocenters. The van der Waals surface area contributed by atoms with Crippen molar-refractivity contribution in [3.63, 3.8) is 0 Å². The minimum atomic E-state index is -0.690. The molecule has 0 heterocycles. The van der Waals surface area contributed by atoms with Crippen LogP contribution in [0.4, 0.5) is 14.9 Å². The number of hydrogen-bond acceptors (Lipinski definition) is 2. The number of nitrogens with one attached hydrogen (secondary N) is 1. The molecule has 2 rings (SSSR count). The molecule has 80 valence electrons. The summed E-state index contributed by atoms with van der Waals surface area (Å²) in [6.45, 7) is 0. The highest BCUT2D eigenvalue weighted by Crippen LogP contribution is 2.31. The molecule has 0 saturated carbocycles. The molecule has 15 heavy (non-hydrogen) atoms. The largest absolute Gasteiger partial charge is 0.392 e. The maximum absolute atomic E-state index is 13.3. The van der Waals surface area contributed by atoms with Crippen LogP contribution in [-0.4, -0.2) is 17.2 Å². The van der Waals surface area contributed by atoms with Crippen molar-refractivity contribution < 1.29 is 14.3 Å². The number of anilines is 1. The molecule has 1 aliphatic carbocycles. The fraction of sp³-hybridized carbons (Fsp3) is 0.300. The Morgan fingerprint density at radius 2 is 2.13 bits per heavy atom. The van der Waals surface area contributed by atoms with Gasteiger partial charge in [0.15, 0.2) is 0 Å². The first-order chi connectivity index (χ1) is 7.08. The van der Waals surface area contributed by atoms with E-state index in [0.29, 0.717) is 23.2 Å². The molecular weight excluding hydrogens is 199 g/mol. The Labute approximate surface area is 85.9 Å². The van der Waals surface area contributed by atoms with E-state index in [4.69, 9.17) is 5.73 Å². The molecule has 1 aromatic rings. The number of aliphatic hydroxyl groups is 1. The van der Waals surface area contributed by atoms with Gasteiger partial charge in [0.1, 0.15) is 5.82 Å². The molecular formula is C10H11FN2O2. The van der Waals surface area contributed by atoms with Gasteiger partial charge in [-0.05, 0) is 23.3 Å². The second-order valence-corrected chi connectivity index (χ2v) is 3.60. The number of rotatable bonds is 1. The van der Waals surface area contributed by atoms with Crippen molar-refractivity contribution in [2.45, 2.75) is 18.9 Å². The molecule has 5 heteroatoms. The van der Waals surface area contributed by atoms with Gasteiger partial charge in [-0.15, -0.1) is 0 Å². The van der Waals surface area contributed by atoms with Crippen LogP contribution >= 0.6 is 0 Å². The summed E-state index contributed by atoms with van der Waals surface area (Å²) < 4.78 is 13.3. The SMILES string of the molecule is NC(=O)Nc1ccc(F)c2c1C[C@@H](O)C2. The van der Waals surface area contributed by atoms with Gasteiger partial charge in [-0.2, -0.15) is 0 Å².